The summed E-state index contributed by atoms with van der Waals surface area (Å²) in [6.07, 6.45) is 0. The molecule has 142 valence electrons. The topological polar surface area (TPSA) is 74.7 Å². The van der Waals surface area contributed by atoms with Crippen LogP contribution in [0, 0.1) is 0 Å². The molecule has 4 aromatic rings. The first-order chi connectivity index (χ1) is 13.7. The Hall–Kier alpha value is -3.09. The van der Waals surface area contributed by atoms with Crippen molar-refractivity contribution >= 4 is 28.5 Å². The van der Waals surface area contributed by atoms with Crippen molar-refractivity contribution in [3.8, 4) is 11.3 Å². The third-order valence-corrected chi connectivity index (χ3v) is 4.47. The molecule has 0 aliphatic rings. The van der Waals surface area contributed by atoms with Crippen molar-refractivity contribution in [1.29, 1.82) is 0 Å². The molecule has 6 nitrogen and oxygen atoms in total. The predicted octanol–water partition coefficient (Wildman–Crippen LogP) is 5.24. The Morgan fingerprint density at radius 1 is 1.11 bits per heavy atom. The van der Waals surface area contributed by atoms with E-state index in [4.69, 9.17) is 30.0 Å². The summed E-state index contributed by atoms with van der Waals surface area (Å²) in [6, 6.07) is 16.3. The largest absolute Gasteiger partial charge is 0.452 e. The van der Waals surface area contributed by atoms with E-state index in [1.54, 1.807) is 31.4 Å². The summed E-state index contributed by atoms with van der Waals surface area (Å²) >= 11 is 5.89. The van der Waals surface area contributed by atoms with Gasteiger partial charge in [-0.15, -0.1) is 0 Å². The third kappa shape index (κ3) is 3.65. The van der Waals surface area contributed by atoms with Crippen LogP contribution in [0.15, 0.2) is 63.5 Å². The summed E-state index contributed by atoms with van der Waals surface area (Å²) in [5, 5.41) is 5.45. The van der Waals surface area contributed by atoms with Gasteiger partial charge in [0.1, 0.15) is 11.3 Å². The van der Waals surface area contributed by atoms with Gasteiger partial charge in [0.15, 0.2) is 12.4 Å². The van der Waals surface area contributed by atoms with Crippen LogP contribution in [-0.4, -0.2) is 18.2 Å². The lowest BCUT2D eigenvalue weighted by Gasteiger charge is -2.02. The van der Waals surface area contributed by atoms with Gasteiger partial charge in [-0.1, -0.05) is 47.1 Å². The molecule has 0 N–H and O–H groups in total. The molecule has 0 fully saturated rings. The number of esters is 1. The van der Waals surface area contributed by atoms with Crippen LogP contribution in [0.1, 0.15) is 21.9 Å². The molecular formula is C21H16ClNO5. The molecule has 2 heterocycles. The van der Waals surface area contributed by atoms with Gasteiger partial charge in [-0.3, -0.25) is 0 Å². The zero-order chi connectivity index (χ0) is 19.5. The average molecular weight is 398 g/mol. The number of carbonyl (C=O) groups is 1. The Labute approximate surface area is 165 Å². The number of para-hydroxylation sites is 1. The van der Waals surface area contributed by atoms with Gasteiger partial charge in [-0.05, 0) is 18.2 Å². The van der Waals surface area contributed by atoms with Gasteiger partial charge in [0.05, 0.1) is 6.61 Å². The van der Waals surface area contributed by atoms with Gasteiger partial charge in [0.2, 0.25) is 5.76 Å². The first-order valence-electron chi connectivity index (χ1n) is 8.53. The molecule has 0 aliphatic carbocycles. The molecule has 0 unspecified atom stereocenters. The van der Waals surface area contributed by atoms with Gasteiger partial charge in [0.25, 0.3) is 0 Å². The van der Waals surface area contributed by atoms with Crippen molar-refractivity contribution in [3.05, 3.63) is 76.7 Å². The number of halogens is 1. The van der Waals surface area contributed by atoms with Gasteiger partial charge in [-0.25, -0.2) is 4.79 Å². The van der Waals surface area contributed by atoms with Crippen LogP contribution in [0.2, 0.25) is 5.02 Å². The molecule has 0 spiro atoms. The lowest BCUT2D eigenvalue weighted by molar-refractivity contribution is 0.0398. The fraction of sp³-hybridized carbons (Fsp3) is 0.143. The van der Waals surface area contributed by atoms with Crippen LogP contribution in [0.25, 0.3) is 22.2 Å². The number of rotatable bonds is 6. The van der Waals surface area contributed by atoms with E-state index in [9.17, 15) is 4.79 Å². The maximum Gasteiger partial charge on any atom is 0.375 e. The van der Waals surface area contributed by atoms with Crippen molar-refractivity contribution in [2.45, 2.75) is 13.2 Å². The fourth-order valence-electron chi connectivity index (χ4n) is 2.89. The minimum atomic E-state index is -0.590. The first kappa shape index (κ1) is 18.3. The minimum Gasteiger partial charge on any atom is -0.452 e. The summed E-state index contributed by atoms with van der Waals surface area (Å²) in [4.78, 5) is 12.5. The second-order valence-electron chi connectivity index (χ2n) is 6.10. The highest BCUT2D eigenvalue weighted by Crippen LogP contribution is 2.28. The lowest BCUT2D eigenvalue weighted by Crippen LogP contribution is -2.07. The van der Waals surface area contributed by atoms with Gasteiger partial charge < -0.3 is 18.4 Å². The molecule has 0 amide bonds. The van der Waals surface area contributed by atoms with Crippen molar-refractivity contribution < 1.29 is 23.2 Å². The summed E-state index contributed by atoms with van der Waals surface area (Å²) in [7, 11) is 1.56. The Morgan fingerprint density at radius 3 is 2.68 bits per heavy atom. The SMILES string of the molecule is COCc1c(C(=O)OCc2cc(-c3ccc(Cl)cc3)no2)oc2ccccc12. The Morgan fingerprint density at radius 2 is 1.89 bits per heavy atom. The number of hydrogen-bond acceptors (Lipinski definition) is 6. The van der Waals surface area contributed by atoms with Crippen LogP contribution in [0.4, 0.5) is 0 Å². The minimum absolute atomic E-state index is 0.0666. The molecule has 0 aliphatic heterocycles. The van der Waals surface area contributed by atoms with Gasteiger partial charge in [0, 0.05) is 34.7 Å². The van der Waals surface area contributed by atoms with Crippen LogP contribution in [0.3, 0.4) is 0 Å². The number of carbonyl (C=O) groups excluding carboxylic acids is 1. The number of methoxy groups -OCH3 is 1. The van der Waals surface area contributed by atoms with Crippen LogP contribution < -0.4 is 0 Å². The van der Waals surface area contributed by atoms with Crippen molar-refractivity contribution in [2.24, 2.45) is 0 Å². The van der Waals surface area contributed by atoms with E-state index in [-0.39, 0.29) is 19.0 Å². The number of aromatic nitrogens is 1. The molecule has 2 aromatic carbocycles. The number of hydrogen-bond donors (Lipinski definition) is 0. The summed E-state index contributed by atoms with van der Waals surface area (Å²) in [6.45, 7) is 0.174. The van der Waals surface area contributed by atoms with E-state index >= 15 is 0 Å². The number of furan rings is 1. The molecule has 2 aromatic heterocycles. The summed E-state index contributed by atoms with van der Waals surface area (Å²) in [5.74, 6) is -0.0455. The molecule has 0 atom stereocenters. The summed E-state index contributed by atoms with van der Waals surface area (Å²) < 4.78 is 21.5. The Balaban J connectivity index is 1.50. The third-order valence-electron chi connectivity index (χ3n) is 4.22. The van der Waals surface area contributed by atoms with Gasteiger partial charge >= 0.3 is 5.97 Å². The van der Waals surface area contributed by atoms with E-state index in [0.717, 1.165) is 10.9 Å². The van der Waals surface area contributed by atoms with E-state index in [1.807, 2.05) is 30.3 Å². The quantitative estimate of drug-likeness (QED) is 0.414. The van der Waals surface area contributed by atoms with E-state index in [2.05, 4.69) is 5.16 Å². The molecule has 28 heavy (non-hydrogen) atoms. The molecule has 0 saturated carbocycles. The maximum absolute atomic E-state index is 12.5. The second-order valence-corrected chi connectivity index (χ2v) is 6.54. The zero-order valence-electron chi connectivity index (χ0n) is 15.0. The predicted molar refractivity (Wildman–Crippen MR) is 103 cm³/mol. The number of benzene rings is 2. The zero-order valence-corrected chi connectivity index (χ0v) is 15.7. The Kier molecular flexibility index (Phi) is 5.14. The van der Waals surface area contributed by atoms with Crippen molar-refractivity contribution in [1.82, 2.24) is 5.16 Å². The highest BCUT2D eigenvalue weighted by Gasteiger charge is 2.22. The number of fused-ring (bicyclic) bond motifs is 1. The Bertz CT molecular complexity index is 1110. The normalized spacial score (nSPS) is 11.1. The molecule has 4 rings (SSSR count). The summed E-state index contributed by atoms with van der Waals surface area (Å²) in [5.41, 5.74) is 2.74. The van der Waals surface area contributed by atoms with Crippen molar-refractivity contribution in [3.63, 3.8) is 0 Å². The fourth-order valence-corrected chi connectivity index (χ4v) is 3.02. The first-order valence-corrected chi connectivity index (χ1v) is 8.91. The molecule has 0 radical (unpaired) electrons. The monoisotopic (exact) mass is 397 g/mol. The highest BCUT2D eigenvalue weighted by atomic mass is 35.5. The van der Waals surface area contributed by atoms with E-state index in [1.165, 1.54) is 0 Å². The molecular weight excluding hydrogens is 382 g/mol. The van der Waals surface area contributed by atoms with Crippen molar-refractivity contribution in [2.75, 3.05) is 7.11 Å². The molecule has 0 saturated heterocycles. The maximum atomic E-state index is 12.5. The number of ether oxygens (including phenoxy) is 2. The van der Waals surface area contributed by atoms with Crippen LogP contribution in [-0.2, 0) is 22.7 Å². The van der Waals surface area contributed by atoms with Crippen LogP contribution >= 0.6 is 11.6 Å². The van der Waals surface area contributed by atoms with E-state index in [0.29, 0.717) is 27.6 Å². The van der Waals surface area contributed by atoms with Crippen LogP contribution in [0.5, 0.6) is 0 Å². The van der Waals surface area contributed by atoms with E-state index < -0.39 is 5.97 Å². The second kappa shape index (κ2) is 7.88. The average Bonchev–Trinajstić information content (AvgIpc) is 3.32. The smallest absolute Gasteiger partial charge is 0.375 e. The number of nitrogens with zero attached hydrogens (tertiary/aromatic N) is 1. The highest BCUT2D eigenvalue weighted by molar-refractivity contribution is 6.30. The molecule has 0 bridgehead atoms. The van der Waals surface area contributed by atoms with Gasteiger partial charge in [-0.2, -0.15) is 0 Å². The molecule has 7 heteroatoms. The standard InChI is InChI=1S/C21H16ClNO5/c1-25-12-17-16-4-2-3-5-19(16)27-20(17)21(24)26-11-15-10-18(23-28-15)13-6-8-14(22)9-7-13/h2-10H,11-12H2,1H3. The lowest BCUT2D eigenvalue weighted by atomic mass is 10.1.